The van der Waals surface area contributed by atoms with Crippen molar-refractivity contribution in [3.63, 3.8) is 0 Å². The summed E-state index contributed by atoms with van der Waals surface area (Å²) < 4.78 is 4.96. The lowest BCUT2D eigenvalue weighted by atomic mass is 10.0. The molecular formula is C17H25NO3S. The zero-order valence-corrected chi connectivity index (χ0v) is 14.3. The van der Waals surface area contributed by atoms with Crippen LogP contribution in [0.2, 0.25) is 0 Å². The number of aryl methyl sites for hydroxylation is 1. The van der Waals surface area contributed by atoms with Crippen molar-refractivity contribution in [2.24, 2.45) is 5.92 Å². The highest BCUT2D eigenvalue weighted by molar-refractivity contribution is 7.10. The van der Waals surface area contributed by atoms with Crippen molar-refractivity contribution < 1.29 is 14.3 Å². The summed E-state index contributed by atoms with van der Waals surface area (Å²) in [4.78, 5) is 27.2. The highest BCUT2D eigenvalue weighted by atomic mass is 32.1. The van der Waals surface area contributed by atoms with Crippen LogP contribution in [0, 0.1) is 12.8 Å². The van der Waals surface area contributed by atoms with E-state index in [9.17, 15) is 9.59 Å². The lowest BCUT2D eigenvalue weighted by Gasteiger charge is -2.23. The highest BCUT2D eigenvalue weighted by Crippen LogP contribution is 2.22. The Morgan fingerprint density at radius 2 is 2.32 bits per heavy atom. The Hall–Kier alpha value is -1.36. The van der Waals surface area contributed by atoms with E-state index in [2.05, 4.69) is 25.3 Å². The average molecular weight is 323 g/mol. The number of nitrogens with zero attached hydrogens (tertiary/aromatic N) is 1. The predicted molar refractivity (Wildman–Crippen MR) is 87.7 cm³/mol. The minimum atomic E-state index is -0.137. The van der Waals surface area contributed by atoms with E-state index in [0.717, 1.165) is 25.8 Å². The maximum atomic E-state index is 12.5. The number of hydrogen-bond acceptors (Lipinski definition) is 4. The highest BCUT2D eigenvalue weighted by Gasteiger charge is 2.27. The second-order valence-electron chi connectivity index (χ2n) is 5.89. The van der Waals surface area contributed by atoms with Gasteiger partial charge in [-0.3, -0.25) is 9.59 Å². The van der Waals surface area contributed by atoms with Crippen molar-refractivity contribution in [2.75, 3.05) is 13.2 Å². The maximum Gasteiger partial charge on any atom is 0.309 e. The first-order valence-corrected chi connectivity index (χ1v) is 8.97. The quantitative estimate of drug-likeness (QED) is 0.688. The molecule has 1 fully saturated rings. The Morgan fingerprint density at radius 1 is 1.50 bits per heavy atom. The van der Waals surface area contributed by atoms with Crippen LogP contribution in [-0.4, -0.2) is 29.9 Å². The van der Waals surface area contributed by atoms with Crippen LogP contribution in [0.5, 0.6) is 0 Å². The molecule has 0 aliphatic carbocycles. The van der Waals surface area contributed by atoms with Gasteiger partial charge in [0.1, 0.15) is 0 Å². The fourth-order valence-electron chi connectivity index (χ4n) is 2.64. The third-order valence-corrected chi connectivity index (χ3v) is 5.20. The number of cyclic esters (lactones) is 1. The lowest BCUT2D eigenvalue weighted by molar-refractivity contribution is -0.141. The number of carbonyl (C=O) groups excluding carboxylic acids is 2. The van der Waals surface area contributed by atoms with E-state index in [-0.39, 0.29) is 17.8 Å². The number of hydrogen-bond donors (Lipinski definition) is 0. The summed E-state index contributed by atoms with van der Waals surface area (Å²) in [7, 11) is 0. The molecule has 4 nitrogen and oxygen atoms in total. The standard InChI is InChI=1S/C17H25NO3S/c1-3-4-9-18(12-15-13(2)8-11-22-15)16(19)6-5-14-7-10-21-17(14)20/h8,11,14H,3-7,9-10,12H2,1-2H3/t14-/m0/s1. The molecule has 0 bridgehead atoms. The SMILES string of the molecule is CCCCN(Cc1sccc1C)C(=O)CC[C@H]1CCOC1=O. The second kappa shape index (κ2) is 8.32. The Morgan fingerprint density at radius 3 is 2.91 bits per heavy atom. The van der Waals surface area contributed by atoms with Gasteiger partial charge in [0.25, 0.3) is 0 Å². The van der Waals surface area contributed by atoms with Crippen molar-refractivity contribution >= 4 is 23.2 Å². The summed E-state index contributed by atoms with van der Waals surface area (Å²) in [6.07, 6.45) is 3.90. The molecule has 0 unspecified atom stereocenters. The molecular weight excluding hydrogens is 298 g/mol. The normalized spacial score (nSPS) is 17.5. The molecule has 2 heterocycles. The predicted octanol–water partition coefficient (Wildman–Crippen LogP) is 3.53. The molecule has 0 aromatic carbocycles. The first-order chi connectivity index (χ1) is 10.6. The third-order valence-electron chi connectivity index (χ3n) is 4.19. The van der Waals surface area contributed by atoms with Gasteiger partial charge in [-0.15, -0.1) is 11.3 Å². The first-order valence-electron chi connectivity index (χ1n) is 8.09. The number of rotatable bonds is 8. The van der Waals surface area contributed by atoms with E-state index in [1.165, 1.54) is 10.4 Å². The number of amides is 1. The largest absolute Gasteiger partial charge is 0.465 e. The van der Waals surface area contributed by atoms with Gasteiger partial charge in [-0.1, -0.05) is 13.3 Å². The summed E-state index contributed by atoms with van der Waals surface area (Å²) in [5.74, 6) is -0.0663. The molecule has 1 amide bonds. The fraction of sp³-hybridized carbons (Fsp3) is 0.647. The molecule has 0 N–H and O–H groups in total. The molecule has 1 aromatic rings. The van der Waals surface area contributed by atoms with Gasteiger partial charge in [0, 0.05) is 17.8 Å². The summed E-state index contributed by atoms with van der Waals surface area (Å²) >= 11 is 1.70. The van der Waals surface area contributed by atoms with Crippen molar-refractivity contribution in [3.8, 4) is 0 Å². The Labute approximate surface area is 136 Å². The van der Waals surface area contributed by atoms with Crippen LogP contribution >= 0.6 is 11.3 Å². The van der Waals surface area contributed by atoms with Gasteiger partial charge in [-0.05, 0) is 43.2 Å². The van der Waals surface area contributed by atoms with Crippen molar-refractivity contribution in [3.05, 3.63) is 21.9 Å². The van der Waals surface area contributed by atoms with Crippen LogP contribution < -0.4 is 0 Å². The van der Waals surface area contributed by atoms with Gasteiger partial charge in [0.15, 0.2) is 0 Å². The minimum absolute atomic E-state index is 0.0829. The van der Waals surface area contributed by atoms with Gasteiger partial charge in [0.05, 0.1) is 19.1 Å². The Bertz CT molecular complexity index is 512. The first kappa shape index (κ1) is 17.0. The number of ether oxygens (including phenoxy) is 1. The molecule has 5 heteroatoms. The molecule has 1 aliphatic rings. The fourth-order valence-corrected chi connectivity index (χ4v) is 3.56. The summed E-state index contributed by atoms with van der Waals surface area (Å²) in [6, 6.07) is 2.09. The zero-order valence-electron chi connectivity index (χ0n) is 13.5. The molecule has 2 rings (SSSR count). The molecule has 1 saturated heterocycles. The molecule has 1 atom stereocenters. The van der Waals surface area contributed by atoms with Crippen LogP contribution in [0.3, 0.4) is 0 Å². The summed E-state index contributed by atoms with van der Waals surface area (Å²) in [5.41, 5.74) is 1.25. The number of thiophene rings is 1. The molecule has 0 radical (unpaired) electrons. The van der Waals surface area contributed by atoms with E-state index in [1.807, 2.05) is 4.90 Å². The van der Waals surface area contributed by atoms with E-state index in [0.29, 0.717) is 26.0 Å². The van der Waals surface area contributed by atoms with Crippen molar-refractivity contribution in [1.82, 2.24) is 4.90 Å². The molecule has 22 heavy (non-hydrogen) atoms. The van der Waals surface area contributed by atoms with E-state index in [1.54, 1.807) is 11.3 Å². The van der Waals surface area contributed by atoms with Crippen LogP contribution in [0.25, 0.3) is 0 Å². The number of esters is 1. The topological polar surface area (TPSA) is 46.6 Å². The maximum absolute atomic E-state index is 12.5. The van der Waals surface area contributed by atoms with Crippen LogP contribution in [-0.2, 0) is 20.9 Å². The monoisotopic (exact) mass is 323 g/mol. The van der Waals surface area contributed by atoms with E-state index < -0.39 is 0 Å². The molecule has 0 saturated carbocycles. The Balaban J connectivity index is 1.90. The van der Waals surface area contributed by atoms with Gasteiger partial charge in [-0.2, -0.15) is 0 Å². The van der Waals surface area contributed by atoms with Crippen molar-refractivity contribution in [2.45, 2.75) is 52.5 Å². The van der Waals surface area contributed by atoms with Gasteiger partial charge in [-0.25, -0.2) is 0 Å². The van der Waals surface area contributed by atoms with Crippen molar-refractivity contribution in [1.29, 1.82) is 0 Å². The Kier molecular flexibility index (Phi) is 6.43. The van der Waals surface area contributed by atoms with Gasteiger partial charge >= 0.3 is 5.97 Å². The summed E-state index contributed by atoms with van der Waals surface area (Å²) in [5, 5.41) is 2.07. The molecule has 0 spiro atoms. The minimum Gasteiger partial charge on any atom is -0.465 e. The molecule has 1 aromatic heterocycles. The smallest absolute Gasteiger partial charge is 0.309 e. The van der Waals surface area contributed by atoms with Gasteiger partial charge in [0.2, 0.25) is 5.91 Å². The summed E-state index contributed by atoms with van der Waals surface area (Å²) in [6.45, 7) is 6.21. The number of carbonyl (C=O) groups is 2. The van der Waals surface area contributed by atoms with Crippen LogP contribution in [0.15, 0.2) is 11.4 Å². The van der Waals surface area contributed by atoms with E-state index in [4.69, 9.17) is 4.74 Å². The zero-order chi connectivity index (χ0) is 15.9. The average Bonchev–Trinajstić information content (AvgIpc) is 3.09. The molecule has 1 aliphatic heterocycles. The third kappa shape index (κ3) is 4.57. The number of unbranched alkanes of at least 4 members (excludes halogenated alkanes) is 1. The van der Waals surface area contributed by atoms with Crippen LogP contribution in [0.4, 0.5) is 0 Å². The van der Waals surface area contributed by atoms with E-state index >= 15 is 0 Å². The van der Waals surface area contributed by atoms with Crippen LogP contribution in [0.1, 0.15) is 49.5 Å². The molecule has 122 valence electrons. The second-order valence-corrected chi connectivity index (χ2v) is 6.89. The lowest BCUT2D eigenvalue weighted by Crippen LogP contribution is -2.31. The van der Waals surface area contributed by atoms with Gasteiger partial charge < -0.3 is 9.64 Å².